The predicted molar refractivity (Wildman–Crippen MR) is 66.6 cm³/mol. The summed E-state index contributed by atoms with van der Waals surface area (Å²) in [4.78, 5) is 20.7. The van der Waals surface area contributed by atoms with Crippen molar-refractivity contribution in [1.82, 2.24) is 10.0 Å². The number of carbonyl (C=O) groups excluding carboxylic acids is 1. The molecule has 0 aliphatic rings. The molecule has 0 bridgehead atoms. The highest BCUT2D eigenvalue weighted by atomic mass is 32.1. The van der Waals surface area contributed by atoms with Crippen LogP contribution in [0.15, 0.2) is 29.6 Å². The molecule has 2 rings (SSSR count). The van der Waals surface area contributed by atoms with Gasteiger partial charge in [0.05, 0.1) is 7.11 Å². The molecule has 2 aromatic rings. The Labute approximate surface area is 108 Å². The van der Waals surface area contributed by atoms with Gasteiger partial charge < -0.3 is 0 Å². The van der Waals surface area contributed by atoms with Crippen molar-refractivity contribution in [2.75, 3.05) is 14.2 Å². The van der Waals surface area contributed by atoms with Crippen molar-refractivity contribution in [3.05, 3.63) is 41.2 Å². The van der Waals surface area contributed by atoms with E-state index in [9.17, 15) is 9.18 Å². The van der Waals surface area contributed by atoms with Crippen LogP contribution in [0, 0.1) is 5.82 Å². The first-order chi connectivity index (χ1) is 8.61. The van der Waals surface area contributed by atoms with Crippen LogP contribution in [-0.2, 0) is 4.84 Å². The topological polar surface area (TPSA) is 42.4 Å². The minimum absolute atomic E-state index is 0.281. The zero-order valence-electron chi connectivity index (χ0n) is 9.88. The molecule has 0 atom stereocenters. The van der Waals surface area contributed by atoms with Crippen molar-refractivity contribution >= 4 is 17.2 Å². The number of nitrogens with zero attached hydrogens (tertiary/aromatic N) is 2. The van der Waals surface area contributed by atoms with E-state index in [4.69, 9.17) is 4.84 Å². The highest BCUT2D eigenvalue weighted by molar-refractivity contribution is 7.13. The van der Waals surface area contributed by atoms with Crippen LogP contribution in [0.4, 0.5) is 4.39 Å². The van der Waals surface area contributed by atoms with Crippen LogP contribution in [0.25, 0.3) is 10.6 Å². The number of hydrogen-bond donors (Lipinski definition) is 0. The molecule has 0 N–H and O–H groups in total. The summed E-state index contributed by atoms with van der Waals surface area (Å²) in [5.41, 5.74) is 0.933. The molecule has 0 aliphatic heterocycles. The summed E-state index contributed by atoms with van der Waals surface area (Å²) < 4.78 is 13.1. The first kappa shape index (κ1) is 12.7. The van der Waals surface area contributed by atoms with Gasteiger partial charge in [0.1, 0.15) is 16.5 Å². The summed E-state index contributed by atoms with van der Waals surface area (Å²) in [6.07, 6.45) is 0. The van der Waals surface area contributed by atoms with Crippen molar-refractivity contribution in [3.63, 3.8) is 0 Å². The number of rotatable bonds is 3. The summed E-state index contributed by atoms with van der Waals surface area (Å²) in [7, 11) is 2.90. The Morgan fingerprint density at radius 3 is 2.94 bits per heavy atom. The van der Waals surface area contributed by atoms with Gasteiger partial charge in [-0.05, 0) is 12.1 Å². The molecule has 0 fully saturated rings. The number of hydrogen-bond acceptors (Lipinski definition) is 4. The molecule has 0 saturated heterocycles. The first-order valence-electron chi connectivity index (χ1n) is 5.15. The fourth-order valence-corrected chi connectivity index (χ4v) is 2.16. The van der Waals surface area contributed by atoms with Gasteiger partial charge in [-0.25, -0.2) is 14.4 Å². The van der Waals surface area contributed by atoms with Crippen LogP contribution in [-0.4, -0.2) is 30.1 Å². The average molecular weight is 266 g/mol. The van der Waals surface area contributed by atoms with Gasteiger partial charge in [0.15, 0.2) is 0 Å². The molecule has 1 aromatic heterocycles. The monoisotopic (exact) mass is 266 g/mol. The molecule has 0 saturated carbocycles. The minimum Gasteiger partial charge on any atom is -0.274 e. The number of hydroxylamine groups is 2. The third kappa shape index (κ3) is 2.55. The zero-order valence-corrected chi connectivity index (χ0v) is 10.7. The lowest BCUT2D eigenvalue weighted by atomic mass is 10.2. The van der Waals surface area contributed by atoms with Gasteiger partial charge >= 0.3 is 0 Å². The normalized spacial score (nSPS) is 10.4. The van der Waals surface area contributed by atoms with Gasteiger partial charge in [-0.1, -0.05) is 12.1 Å². The molecule has 1 amide bonds. The Kier molecular flexibility index (Phi) is 3.69. The molecule has 0 unspecified atom stereocenters. The Balaban J connectivity index is 2.28. The second-order valence-electron chi connectivity index (χ2n) is 3.53. The molecule has 4 nitrogen and oxygen atoms in total. The van der Waals surface area contributed by atoms with Crippen LogP contribution in [0.2, 0.25) is 0 Å². The lowest BCUT2D eigenvalue weighted by molar-refractivity contribution is -0.0760. The van der Waals surface area contributed by atoms with Crippen LogP contribution < -0.4 is 0 Å². The Bertz CT molecular complexity index is 571. The minimum atomic E-state index is -0.337. The molecule has 0 radical (unpaired) electrons. The molecule has 0 spiro atoms. The highest BCUT2D eigenvalue weighted by Crippen LogP contribution is 2.24. The predicted octanol–water partition coefficient (Wildman–Crippen LogP) is 2.58. The Morgan fingerprint density at radius 1 is 1.50 bits per heavy atom. The number of aromatic nitrogens is 1. The van der Waals surface area contributed by atoms with Crippen LogP contribution >= 0.6 is 11.3 Å². The largest absolute Gasteiger partial charge is 0.296 e. The van der Waals surface area contributed by atoms with E-state index < -0.39 is 0 Å². The van der Waals surface area contributed by atoms with E-state index in [1.165, 1.54) is 37.6 Å². The number of carbonyl (C=O) groups is 1. The maximum absolute atomic E-state index is 13.1. The van der Waals surface area contributed by atoms with Crippen molar-refractivity contribution in [1.29, 1.82) is 0 Å². The quantitative estimate of drug-likeness (QED) is 0.802. The molecule has 1 aromatic carbocycles. The summed E-state index contributed by atoms with van der Waals surface area (Å²) in [5, 5.41) is 3.31. The molecule has 94 valence electrons. The lowest BCUT2D eigenvalue weighted by Crippen LogP contribution is -2.25. The van der Waals surface area contributed by atoms with Gasteiger partial charge in [-0.2, -0.15) is 0 Å². The smallest absolute Gasteiger partial charge is 0.274 e. The van der Waals surface area contributed by atoms with Gasteiger partial charge in [0, 0.05) is 18.0 Å². The number of amides is 1. The fourth-order valence-electron chi connectivity index (χ4n) is 1.37. The lowest BCUT2D eigenvalue weighted by Gasteiger charge is -2.11. The molecule has 0 aliphatic carbocycles. The van der Waals surface area contributed by atoms with Gasteiger partial charge in [0.2, 0.25) is 0 Å². The van der Waals surface area contributed by atoms with Crippen molar-refractivity contribution < 1.29 is 14.0 Å². The number of thiazole rings is 1. The summed E-state index contributed by atoms with van der Waals surface area (Å²) in [6.45, 7) is 0. The van der Waals surface area contributed by atoms with Crippen LogP contribution in [0.1, 0.15) is 10.5 Å². The van der Waals surface area contributed by atoms with E-state index in [0.29, 0.717) is 10.6 Å². The van der Waals surface area contributed by atoms with E-state index in [0.717, 1.165) is 5.06 Å². The molecule has 18 heavy (non-hydrogen) atoms. The van der Waals surface area contributed by atoms with E-state index in [1.54, 1.807) is 17.5 Å². The van der Waals surface area contributed by atoms with Crippen molar-refractivity contribution in [3.8, 4) is 10.6 Å². The van der Waals surface area contributed by atoms with Crippen molar-refractivity contribution in [2.45, 2.75) is 0 Å². The number of benzene rings is 1. The van der Waals surface area contributed by atoms with E-state index in [1.807, 2.05) is 0 Å². The highest BCUT2D eigenvalue weighted by Gasteiger charge is 2.15. The molecule has 1 heterocycles. The van der Waals surface area contributed by atoms with E-state index in [2.05, 4.69) is 4.98 Å². The summed E-state index contributed by atoms with van der Waals surface area (Å²) in [5.74, 6) is -0.666. The maximum Gasteiger partial charge on any atom is 0.296 e. The van der Waals surface area contributed by atoms with E-state index in [-0.39, 0.29) is 17.4 Å². The average Bonchev–Trinajstić information content (AvgIpc) is 2.86. The maximum atomic E-state index is 13.1. The Hall–Kier alpha value is -1.79. The standard InChI is InChI=1S/C12H11FN2O2S/c1-15(17-2)12(16)10-7-18-11(14-10)8-4-3-5-9(13)6-8/h3-7H,1-2H3. The molecular weight excluding hydrogens is 255 g/mol. The van der Waals surface area contributed by atoms with Gasteiger partial charge in [-0.3, -0.25) is 9.63 Å². The van der Waals surface area contributed by atoms with Gasteiger partial charge in [0.25, 0.3) is 5.91 Å². The fraction of sp³-hybridized carbons (Fsp3) is 0.167. The van der Waals surface area contributed by atoms with Crippen LogP contribution in [0.5, 0.6) is 0 Å². The molecule has 6 heteroatoms. The summed E-state index contributed by atoms with van der Waals surface area (Å²) in [6, 6.07) is 6.10. The van der Waals surface area contributed by atoms with Crippen LogP contribution in [0.3, 0.4) is 0 Å². The SMILES string of the molecule is CON(C)C(=O)c1csc(-c2cccc(F)c2)n1. The number of halogens is 1. The second-order valence-corrected chi connectivity index (χ2v) is 4.39. The molecular formula is C12H11FN2O2S. The zero-order chi connectivity index (χ0) is 13.1. The first-order valence-corrected chi connectivity index (χ1v) is 6.03. The second kappa shape index (κ2) is 5.24. The Morgan fingerprint density at radius 2 is 2.28 bits per heavy atom. The third-order valence-electron chi connectivity index (χ3n) is 2.35. The van der Waals surface area contributed by atoms with Gasteiger partial charge in [-0.15, -0.1) is 11.3 Å². The third-order valence-corrected chi connectivity index (χ3v) is 3.25. The van der Waals surface area contributed by atoms with E-state index >= 15 is 0 Å². The van der Waals surface area contributed by atoms with Crippen molar-refractivity contribution in [2.24, 2.45) is 0 Å². The summed E-state index contributed by atoms with van der Waals surface area (Å²) >= 11 is 1.29.